The van der Waals surface area contributed by atoms with E-state index in [2.05, 4.69) is 29.6 Å². The molecule has 2 aromatic carbocycles. The van der Waals surface area contributed by atoms with E-state index < -0.39 is 17.6 Å². The van der Waals surface area contributed by atoms with E-state index in [1.165, 1.54) is 4.90 Å². The Bertz CT molecular complexity index is 1010. The highest BCUT2D eigenvalue weighted by Crippen LogP contribution is 2.44. The second kappa shape index (κ2) is 9.62. The molecule has 2 N–H and O–H groups in total. The lowest BCUT2D eigenvalue weighted by molar-refractivity contribution is -0.157. The molecule has 2 aromatic rings. The van der Waals surface area contributed by atoms with Crippen LogP contribution in [0.5, 0.6) is 0 Å². The summed E-state index contributed by atoms with van der Waals surface area (Å²) in [5.74, 6) is -1.38. The zero-order valence-corrected chi connectivity index (χ0v) is 18.6. The number of hydrogen-bond donors (Lipinski definition) is 2. The minimum absolute atomic E-state index is 0.0129. The van der Waals surface area contributed by atoms with Crippen LogP contribution in [0, 0.1) is 0 Å². The van der Waals surface area contributed by atoms with Crippen molar-refractivity contribution in [2.24, 2.45) is 0 Å². The molecule has 1 aliphatic carbocycles. The number of likely N-dealkylation sites (tertiary alicyclic amines) is 1. The predicted molar refractivity (Wildman–Crippen MR) is 121 cm³/mol. The van der Waals surface area contributed by atoms with Gasteiger partial charge in [-0.05, 0) is 42.0 Å². The Morgan fingerprint density at radius 2 is 1.73 bits per heavy atom. The van der Waals surface area contributed by atoms with Gasteiger partial charge < -0.3 is 24.8 Å². The number of nitrogens with one attached hydrogen (secondary N) is 1. The van der Waals surface area contributed by atoms with Crippen molar-refractivity contribution >= 4 is 18.0 Å². The van der Waals surface area contributed by atoms with Crippen LogP contribution in [-0.2, 0) is 19.1 Å². The molecule has 0 unspecified atom stereocenters. The van der Waals surface area contributed by atoms with E-state index in [1.807, 2.05) is 24.3 Å². The van der Waals surface area contributed by atoms with Crippen LogP contribution in [0.1, 0.15) is 36.8 Å². The van der Waals surface area contributed by atoms with Crippen molar-refractivity contribution < 1.29 is 29.0 Å². The maximum absolute atomic E-state index is 12.3. The van der Waals surface area contributed by atoms with E-state index in [9.17, 15) is 19.5 Å². The van der Waals surface area contributed by atoms with Crippen LogP contribution in [0.2, 0.25) is 0 Å². The molecule has 0 spiro atoms. The zero-order valence-electron chi connectivity index (χ0n) is 18.6. The molecule has 2 aliphatic rings. The van der Waals surface area contributed by atoms with Gasteiger partial charge >= 0.3 is 12.1 Å². The number of carboxylic acid groups (broad SMARTS) is 1. The molecular formula is C25H28N2O6. The second-order valence-corrected chi connectivity index (χ2v) is 8.53. The molecule has 0 bridgehead atoms. The van der Waals surface area contributed by atoms with E-state index >= 15 is 0 Å². The molecule has 0 radical (unpaired) electrons. The van der Waals surface area contributed by atoms with Crippen LogP contribution in [0.15, 0.2) is 48.5 Å². The molecule has 1 heterocycles. The Morgan fingerprint density at radius 3 is 2.36 bits per heavy atom. The summed E-state index contributed by atoms with van der Waals surface area (Å²) < 4.78 is 10.8. The number of carboxylic acids is 1. The molecule has 1 fully saturated rings. The standard InChI is InChI=1S/C25H28N2O6/c1-25(23(29)30)11-6-13-27(25)22(28)16-32-14-12-26-24(31)33-15-21-19-9-4-2-7-17(19)18-8-3-5-10-20(18)21/h2-5,7-10,21H,6,11-16H2,1H3,(H,26,31)(H,29,30)/t25-/m0/s1. The lowest BCUT2D eigenvalue weighted by Crippen LogP contribution is -2.52. The van der Waals surface area contributed by atoms with Crippen molar-refractivity contribution in [3.05, 3.63) is 59.7 Å². The highest BCUT2D eigenvalue weighted by Gasteiger charge is 2.45. The summed E-state index contributed by atoms with van der Waals surface area (Å²) in [7, 11) is 0. The molecule has 8 heteroatoms. The van der Waals surface area contributed by atoms with Crippen molar-refractivity contribution in [1.29, 1.82) is 0 Å². The minimum atomic E-state index is -1.18. The fraction of sp³-hybridized carbons (Fsp3) is 0.400. The number of hydrogen-bond acceptors (Lipinski definition) is 5. The van der Waals surface area contributed by atoms with Gasteiger partial charge in [-0.1, -0.05) is 48.5 Å². The van der Waals surface area contributed by atoms with Gasteiger partial charge in [0.25, 0.3) is 0 Å². The number of nitrogens with zero attached hydrogens (tertiary/aromatic N) is 1. The number of amides is 2. The van der Waals surface area contributed by atoms with E-state index in [0.29, 0.717) is 19.4 Å². The van der Waals surface area contributed by atoms with E-state index in [4.69, 9.17) is 9.47 Å². The van der Waals surface area contributed by atoms with Gasteiger partial charge in [0, 0.05) is 19.0 Å². The smallest absolute Gasteiger partial charge is 0.407 e. The Kier molecular flexibility index (Phi) is 6.65. The fourth-order valence-electron chi connectivity index (χ4n) is 4.70. The third-order valence-corrected chi connectivity index (χ3v) is 6.49. The normalized spacial score (nSPS) is 19.1. The average molecular weight is 453 g/mol. The van der Waals surface area contributed by atoms with Gasteiger partial charge in [-0.15, -0.1) is 0 Å². The SMILES string of the molecule is C[C@@]1(C(=O)O)CCCN1C(=O)COCCNC(=O)OCC1c2ccccc2-c2ccccc21. The number of fused-ring (bicyclic) bond motifs is 3. The Morgan fingerprint density at radius 1 is 1.09 bits per heavy atom. The zero-order chi connectivity index (χ0) is 23.4. The molecule has 4 rings (SSSR count). The summed E-state index contributed by atoms with van der Waals surface area (Å²) in [6, 6.07) is 16.2. The van der Waals surface area contributed by atoms with E-state index in [0.717, 1.165) is 22.3 Å². The number of carbonyl (C=O) groups excluding carboxylic acids is 2. The Balaban J connectivity index is 1.20. The van der Waals surface area contributed by atoms with Gasteiger partial charge in [0.1, 0.15) is 18.8 Å². The van der Waals surface area contributed by atoms with Crippen LogP contribution < -0.4 is 5.32 Å². The third kappa shape index (κ3) is 4.57. The first kappa shape index (κ1) is 22.8. The topological polar surface area (TPSA) is 105 Å². The van der Waals surface area contributed by atoms with Gasteiger partial charge in [0.2, 0.25) is 5.91 Å². The molecule has 1 aliphatic heterocycles. The molecule has 0 aromatic heterocycles. The molecular weight excluding hydrogens is 424 g/mol. The van der Waals surface area contributed by atoms with E-state index in [-0.39, 0.29) is 38.2 Å². The number of aliphatic carboxylic acids is 1. The summed E-state index contributed by atoms with van der Waals surface area (Å²) in [6.45, 7) is 2.26. The van der Waals surface area contributed by atoms with Crippen molar-refractivity contribution in [1.82, 2.24) is 10.2 Å². The molecule has 0 saturated carbocycles. The highest BCUT2D eigenvalue weighted by molar-refractivity contribution is 5.88. The molecule has 33 heavy (non-hydrogen) atoms. The number of rotatable bonds is 8. The molecule has 1 atom stereocenters. The van der Waals surface area contributed by atoms with Crippen molar-refractivity contribution in [3.8, 4) is 11.1 Å². The van der Waals surface area contributed by atoms with Gasteiger partial charge in [0.05, 0.1) is 6.61 Å². The summed E-state index contributed by atoms with van der Waals surface area (Å²) in [5, 5.41) is 12.0. The number of ether oxygens (including phenoxy) is 2. The van der Waals surface area contributed by atoms with Crippen LogP contribution >= 0.6 is 0 Å². The summed E-state index contributed by atoms with van der Waals surface area (Å²) in [4.78, 5) is 37.3. The van der Waals surface area contributed by atoms with Crippen LogP contribution in [0.3, 0.4) is 0 Å². The summed E-state index contributed by atoms with van der Waals surface area (Å²) in [6.07, 6.45) is 0.528. The van der Waals surface area contributed by atoms with Crippen LogP contribution in [0.25, 0.3) is 11.1 Å². The molecule has 174 valence electrons. The summed E-state index contributed by atoms with van der Waals surface area (Å²) in [5.41, 5.74) is 3.43. The molecule has 1 saturated heterocycles. The Hall–Kier alpha value is -3.39. The first-order valence-corrected chi connectivity index (χ1v) is 11.1. The maximum Gasteiger partial charge on any atom is 0.407 e. The lowest BCUT2D eigenvalue weighted by atomic mass is 9.98. The van der Waals surface area contributed by atoms with Crippen LogP contribution in [0.4, 0.5) is 4.79 Å². The first-order chi connectivity index (χ1) is 15.9. The van der Waals surface area contributed by atoms with Crippen molar-refractivity contribution in [2.45, 2.75) is 31.2 Å². The van der Waals surface area contributed by atoms with Gasteiger partial charge in [-0.2, -0.15) is 0 Å². The Labute approximate surface area is 192 Å². The monoisotopic (exact) mass is 452 g/mol. The van der Waals surface area contributed by atoms with Crippen molar-refractivity contribution in [2.75, 3.05) is 32.9 Å². The quantitative estimate of drug-likeness (QED) is 0.597. The average Bonchev–Trinajstić information content (AvgIpc) is 3.36. The van der Waals surface area contributed by atoms with Crippen molar-refractivity contribution in [3.63, 3.8) is 0 Å². The highest BCUT2D eigenvalue weighted by atomic mass is 16.5. The third-order valence-electron chi connectivity index (χ3n) is 6.49. The first-order valence-electron chi connectivity index (χ1n) is 11.1. The fourth-order valence-corrected chi connectivity index (χ4v) is 4.70. The largest absolute Gasteiger partial charge is 0.480 e. The maximum atomic E-state index is 12.3. The molecule has 8 nitrogen and oxygen atoms in total. The lowest BCUT2D eigenvalue weighted by Gasteiger charge is -2.31. The summed E-state index contributed by atoms with van der Waals surface area (Å²) >= 11 is 0. The second-order valence-electron chi connectivity index (χ2n) is 8.53. The number of carbonyl (C=O) groups is 3. The number of alkyl carbamates (subject to hydrolysis) is 1. The molecule has 2 amide bonds. The van der Waals surface area contributed by atoms with Gasteiger partial charge in [-0.25, -0.2) is 9.59 Å². The van der Waals surface area contributed by atoms with Gasteiger partial charge in [-0.3, -0.25) is 4.79 Å². The van der Waals surface area contributed by atoms with E-state index in [1.54, 1.807) is 6.92 Å². The van der Waals surface area contributed by atoms with Crippen LogP contribution in [-0.4, -0.2) is 66.4 Å². The number of benzene rings is 2. The van der Waals surface area contributed by atoms with Gasteiger partial charge in [0.15, 0.2) is 0 Å². The predicted octanol–water partition coefficient (Wildman–Crippen LogP) is 3.01. The minimum Gasteiger partial charge on any atom is -0.480 e.